The monoisotopic (exact) mass is 680 g/mol. The van der Waals surface area contributed by atoms with E-state index in [1.807, 2.05) is 6.08 Å². The smallest absolute Gasteiger partial charge is 0.220 e. The van der Waals surface area contributed by atoms with Crippen molar-refractivity contribution in [3.8, 4) is 0 Å². The second-order valence-electron chi connectivity index (χ2n) is 13.0. The molecule has 1 heterocycles. The fourth-order valence-electron chi connectivity index (χ4n) is 5.54. The van der Waals surface area contributed by atoms with E-state index in [0.717, 1.165) is 64.2 Å². The van der Waals surface area contributed by atoms with Crippen molar-refractivity contribution in [2.75, 3.05) is 13.2 Å². The molecule has 9 nitrogen and oxygen atoms in total. The van der Waals surface area contributed by atoms with Crippen LogP contribution in [0.2, 0.25) is 0 Å². The molecular formula is C39H69NO8. The summed E-state index contributed by atoms with van der Waals surface area (Å²) in [4.78, 5) is 12.8. The van der Waals surface area contributed by atoms with E-state index in [-0.39, 0.29) is 12.5 Å². The third-order valence-corrected chi connectivity index (χ3v) is 8.62. The van der Waals surface area contributed by atoms with Crippen LogP contribution in [0.3, 0.4) is 0 Å². The summed E-state index contributed by atoms with van der Waals surface area (Å²) in [5, 5.41) is 53.7. The van der Waals surface area contributed by atoms with E-state index < -0.39 is 49.5 Å². The number of carbonyl (C=O) groups is 1. The van der Waals surface area contributed by atoms with Crippen molar-refractivity contribution < 1.29 is 39.8 Å². The van der Waals surface area contributed by atoms with Crippen molar-refractivity contribution in [2.24, 2.45) is 0 Å². The standard InChI is InChI=1S/C39H69NO8/c1-3-5-7-9-11-13-15-16-17-18-19-21-23-25-27-29-35(43)40-32(31-47-39-38(46)37(45)36(44)34(30-41)48-39)33(42)28-26-24-22-20-14-12-10-8-6-4-2/h6,8,13-15,20,26,28,32-34,36-39,41-42,44-46H,3-5,7,9-12,16-19,21-25,27,29-31H2,1-2H3,(H,40,43)/b8-6+,15-13-,20-14+,28-26+. The molecule has 0 spiro atoms. The SMILES string of the molecule is CC/C=C/CC/C=C/CC/C=C/C(O)C(COC1OC(CO)C(O)C(O)C1O)NC(=O)CCCCCCCCC/C=C\CCCCCC. The Morgan fingerprint density at radius 3 is 1.85 bits per heavy atom. The number of rotatable bonds is 29. The Morgan fingerprint density at radius 2 is 1.25 bits per heavy atom. The van der Waals surface area contributed by atoms with Crippen molar-refractivity contribution >= 4 is 5.91 Å². The van der Waals surface area contributed by atoms with Gasteiger partial charge in [0.05, 0.1) is 25.4 Å². The number of ether oxygens (including phenoxy) is 2. The van der Waals surface area contributed by atoms with Crippen LogP contribution in [0, 0.1) is 0 Å². The first-order valence-corrected chi connectivity index (χ1v) is 18.9. The molecule has 0 saturated carbocycles. The van der Waals surface area contributed by atoms with Gasteiger partial charge in [0.25, 0.3) is 0 Å². The van der Waals surface area contributed by atoms with Crippen LogP contribution in [-0.2, 0) is 14.3 Å². The minimum Gasteiger partial charge on any atom is -0.394 e. The average Bonchev–Trinajstić information content (AvgIpc) is 3.08. The van der Waals surface area contributed by atoms with Gasteiger partial charge in [0.1, 0.15) is 24.4 Å². The van der Waals surface area contributed by atoms with Gasteiger partial charge < -0.3 is 40.3 Å². The lowest BCUT2D eigenvalue weighted by molar-refractivity contribution is -0.302. The molecule has 0 radical (unpaired) electrons. The minimum absolute atomic E-state index is 0.202. The molecule has 7 atom stereocenters. The molecule has 9 heteroatoms. The number of carbonyl (C=O) groups excluding carboxylic acids is 1. The summed E-state index contributed by atoms with van der Waals surface area (Å²) in [7, 11) is 0. The molecule has 1 saturated heterocycles. The number of aliphatic hydroxyl groups is 5. The predicted molar refractivity (Wildman–Crippen MR) is 193 cm³/mol. The van der Waals surface area contributed by atoms with Crippen molar-refractivity contribution in [3.05, 3.63) is 48.6 Å². The van der Waals surface area contributed by atoms with Crippen LogP contribution in [0.15, 0.2) is 48.6 Å². The highest BCUT2D eigenvalue weighted by atomic mass is 16.7. The van der Waals surface area contributed by atoms with E-state index in [1.54, 1.807) is 6.08 Å². The lowest BCUT2D eigenvalue weighted by atomic mass is 9.99. The van der Waals surface area contributed by atoms with Gasteiger partial charge in [-0.05, 0) is 64.2 Å². The van der Waals surface area contributed by atoms with E-state index >= 15 is 0 Å². The molecular weight excluding hydrogens is 610 g/mol. The van der Waals surface area contributed by atoms with Crippen LogP contribution in [0.25, 0.3) is 0 Å². The van der Waals surface area contributed by atoms with E-state index in [9.17, 15) is 30.3 Å². The molecule has 278 valence electrons. The molecule has 6 N–H and O–H groups in total. The number of allylic oxidation sites excluding steroid dienone is 7. The lowest BCUT2D eigenvalue weighted by Crippen LogP contribution is -2.60. The molecule has 1 aliphatic heterocycles. The molecule has 0 aromatic heterocycles. The van der Waals surface area contributed by atoms with Crippen molar-refractivity contribution in [1.82, 2.24) is 5.32 Å². The summed E-state index contributed by atoms with van der Waals surface area (Å²) in [5.41, 5.74) is 0. The van der Waals surface area contributed by atoms with Gasteiger partial charge >= 0.3 is 0 Å². The van der Waals surface area contributed by atoms with Gasteiger partial charge in [0.2, 0.25) is 5.91 Å². The fraction of sp³-hybridized carbons (Fsp3) is 0.769. The second kappa shape index (κ2) is 30.0. The van der Waals surface area contributed by atoms with Crippen LogP contribution in [0.4, 0.5) is 0 Å². The number of nitrogens with one attached hydrogen (secondary N) is 1. The van der Waals surface area contributed by atoms with E-state index in [4.69, 9.17) is 9.47 Å². The highest BCUT2D eigenvalue weighted by Gasteiger charge is 2.44. The first-order valence-electron chi connectivity index (χ1n) is 18.9. The zero-order chi connectivity index (χ0) is 35.2. The lowest BCUT2D eigenvalue weighted by Gasteiger charge is -2.40. The molecule has 0 aromatic rings. The number of aliphatic hydroxyl groups excluding tert-OH is 5. The Kier molecular flexibility index (Phi) is 27.6. The Morgan fingerprint density at radius 1 is 0.708 bits per heavy atom. The van der Waals surface area contributed by atoms with Crippen molar-refractivity contribution in [3.63, 3.8) is 0 Å². The third-order valence-electron chi connectivity index (χ3n) is 8.62. The normalized spacial score (nSPS) is 23.2. The Labute approximate surface area is 291 Å². The van der Waals surface area contributed by atoms with Gasteiger partial charge in [0, 0.05) is 6.42 Å². The maximum Gasteiger partial charge on any atom is 0.220 e. The zero-order valence-corrected chi connectivity index (χ0v) is 30.0. The Bertz CT molecular complexity index is 889. The predicted octanol–water partition coefficient (Wildman–Crippen LogP) is 6.33. The summed E-state index contributed by atoms with van der Waals surface area (Å²) in [6.45, 7) is 3.57. The second-order valence-corrected chi connectivity index (χ2v) is 13.0. The molecule has 0 aromatic carbocycles. The number of unbranched alkanes of at least 4 members (excludes halogenated alkanes) is 13. The summed E-state index contributed by atoms with van der Waals surface area (Å²) in [5.74, 6) is -0.202. The van der Waals surface area contributed by atoms with Gasteiger partial charge in [0.15, 0.2) is 6.29 Å². The van der Waals surface area contributed by atoms with Crippen LogP contribution < -0.4 is 5.32 Å². The van der Waals surface area contributed by atoms with Gasteiger partial charge in [-0.2, -0.15) is 0 Å². The summed E-state index contributed by atoms with van der Waals surface area (Å²) >= 11 is 0. The fourth-order valence-corrected chi connectivity index (χ4v) is 5.54. The maximum absolute atomic E-state index is 12.8. The van der Waals surface area contributed by atoms with E-state index in [1.165, 1.54) is 51.4 Å². The first kappa shape index (κ1) is 44.2. The molecule has 7 unspecified atom stereocenters. The van der Waals surface area contributed by atoms with Crippen LogP contribution in [-0.4, -0.2) is 87.5 Å². The number of hydrogen-bond donors (Lipinski definition) is 6. The van der Waals surface area contributed by atoms with Gasteiger partial charge in [-0.3, -0.25) is 4.79 Å². The third kappa shape index (κ3) is 21.3. The van der Waals surface area contributed by atoms with E-state index in [2.05, 4.69) is 55.6 Å². The first-order chi connectivity index (χ1) is 23.3. The Balaban J connectivity index is 2.47. The van der Waals surface area contributed by atoms with Crippen molar-refractivity contribution in [1.29, 1.82) is 0 Å². The molecule has 1 rings (SSSR count). The molecule has 0 bridgehead atoms. The van der Waals surface area contributed by atoms with Gasteiger partial charge in [-0.25, -0.2) is 0 Å². The minimum atomic E-state index is -1.57. The summed E-state index contributed by atoms with van der Waals surface area (Å²) in [6, 6.07) is -0.826. The average molecular weight is 680 g/mol. The zero-order valence-electron chi connectivity index (χ0n) is 30.0. The van der Waals surface area contributed by atoms with Crippen LogP contribution >= 0.6 is 0 Å². The largest absolute Gasteiger partial charge is 0.394 e. The van der Waals surface area contributed by atoms with Gasteiger partial charge in [-0.1, -0.05) is 114 Å². The number of hydrogen-bond acceptors (Lipinski definition) is 8. The molecule has 1 fully saturated rings. The summed E-state index contributed by atoms with van der Waals surface area (Å²) < 4.78 is 11.1. The molecule has 48 heavy (non-hydrogen) atoms. The highest BCUT2D eigenvalue weighted by Crippen LogP contribution is 2.22. The van der Waals surface area contributed by atoms with Crippen LogP contribution in [0.5, 0.6) is 0 Å². The highest BCUT2D eigenvalue weighted by molar-refractivity contribution is 5.76. The molecule has 1 aliphatic rings. The van der Waals surface area contributed by atoms with Gasteiger partial charge in [-0.15, -0.1) is 0 Å². The molecule has 1 amide bonds. The topological polar surface area (TPSA) is 149 Å². The summed E-state index contributed by atoms with van der Waals surface area (Å²) in [6.07, 6.45) is 28.8. The quantitative estimate of drug-likeness (QED) is 0.0397. The Hall–Kier alpha value is -1.85. The van der Waals surface area contributed by atoms with Crippen LogP contribution in [0.1, 0.15) is 136 Å². The molecule has 0 aliphatic carbocycles. The van der Waals surface area contributed by atoms with E-state index in [0.29, 0.717) is 6.42 Å². The number of amides is 1. The van der Waals surface area contributed by atoms with Crippen molar-refractivity contribution in [2.45, 2.75) is 179 Å². The maximum atomic E-state index is 12.8.